The Morgan fingerprint density at radius 3 is 2.38 bits per heavy atom. The molecule has 114 valence electrons. The molecule has 2 amide bonds. The number of amides is 2. The van der Waals surface area contributed by atoms with E-state index in [-0.39, 0.29) is 6.03 Å². The standard InChI is InChI=1S/C17H25N3O/c21-17(18-12-15-8-4-3-5-9-15)20-13-16(14-20)19-10-6-1-2-7-11-19/h3-5,8-9,16H,1-2,6-7,10-14H2,(H,18,21). The van der Waals surface area contributed by atoms with Gasteiger partial charge in [-0.2, -0.15) is 0 Å². The van der Waals surface area contributed by atoms with E-state index in [0.717, 1.165) is 18.7 Å². The molecule has 2 fully saturated rings. The summed E-state index contributed by atoms with van der Waals surface area (Å²) in [6, 6.07) is 10.7. The Morgan fingerprint density at radius 2 is 1.71 bits per heavy atom. The molecule has 0 unspecified atom stereocenters. The quantitative estimate of drug-likeness (QED) is 0.927. The number of nitrogens with zero attached hydrogens (tertiary/aromatic N) is 2. The number of benzene rings is 1. The van der Waals surface area contributed by atoms with Crippen LogP contribution in [0.5, 0.6) is 0 Å². The van der Waals surface area contributed by atoms with Crippen LogP contribution in [0.2, 0.25) is 0 Å². The fourth-order valence-corrected chi connectivity index (χ4v) is 3.20. The van der Waals surface area contributed by atoms with Crippen molar-refractivity contribution in [1.29, 1.82) is 0 Å². The van der Waals surface area contributed by atoms with Gasteiger partial charge in [0.1, 0.15) is 0 Å². The second-order valence-corrected chi connectivity index (χ2v) is 6.15. The lowest BCUT2D eigenvalue weighted by Crippen LogP contribution is -2.62. The minimum absolute atomic E-state index is 0.0740. The van der Waals surface area contributed by atoms with E-state index >= 15 is 0 Å². The first-order valence-electron chi connectivity index (χ1n) is 8.14. The molecule has 4 heteroatoms. The molecule has 0 atom stereocenters. The topological polar surface area (TPSA) is 35.6 Å². The van der Waals surface area contributed by atoms with E-state index in [1.54, 1.807) is 0 Å². The third kappa shape index (κ3) is 3.76. The Morgan fingerprint density at radius 1 is 1.05 bits per heavy atom. The zero-order valence-electron chi connectivity index (χ0n) is 12.6. The molecule has 4 nitrogen and oxygen atoms in total. The van der Waals surface area contributed by atoms with E-state index < -0.39 is 0 Å². The Hall–Kier alpha value is -1.55. The molecule has 0 spiro atoms. The fourth-order valence-electron chi connectivity index (χ4n) is 3.20. The number of hydrogen-bond donors (Lipinski definition) is 1. The van der Waals surface area contributed by atoms with Crippen molar-refractivity contribution in [2.45, 2.75) is 38.3 Å². The first kappa shape index (κ1) is 14.4. The number of likely N-dealkylation sites (tertiary alicyclic amines) is 2. The number of carbonyl (C=O) groups is 1. The van der Waals surface area contributed by atoms with Crippen molar-refractivity contribution in [2.75, 3.05) is 26.2 Å². The summed E-state index contributed by atoms with van der Waals surface area (Å²) in [6.07, 6.45) is 5.36. The van der Waals surface area contributed by atoms with Crippen LogP contribution in [-0.2, 0) is 6.54 Å². The summed E-state index contributed by atoms with van der Waals surface area (Å²) < 4.78 is 0. The van der Waals surface area contributed by atoms with Crippen molar-refractivity contribution in [1.82, 2.24) is 15.1 Å². The van der Waals surface area contributed by atoms with E-state index in [9.17, 15) is 4.79 Å². The zero-order chi connectivity index (χ0) is 14.5. The van der Waals surface area contributed by atoms with Crippen LogP contribution in [-0.4, -0.2) is 48.1 Å². The number of urea groups is 1. The van der Waals surface area contributed by atoms with Crippen molar-refractivity contribution >= 4 is 6.03 Å². The monoisotopic (exact) mass is 287 g/mol. The molecule has 0 aliphatic carbocycles. The molecule has 0 radical (unpaired) electrons. The number of carbonyl (C=O) groups excluding carboxylic acids is 1. The molecule has 0 bridgehead atoms. The average Bonchev–Trinajstić information content (AvgIpc) is 2.74. The lowest BCUT2D eigenvalue weighted by Gasteiger charge is -2.45. The predicted molar refractivity (Wildman–Crippen MR) is 84.1 cm³/mol. The minimum atomic E-state index is 0.0740. The summed E-state index contributed by atoms with van der Waals surface area (Å²) >= 11 is 0. The summed E-state index contributed by atoms with van der Waals surface area (Å²) in [5.41, 5.74) is 1.15. The van der Waals surface area contributed by atoms with Crippen LogP contribution in [0, 0.1) is 0 Å². The van der Waals surface area contributed by atoms with Gasteiger partial charge in [-0.05, 0) is 31.5 Å². The fraction of sp³-hybridized carbons (Fsp3) is 0.588. The Balaban J connectivity index is 1.40. The van der Waals surface area contributed by atoms with Gasteiger partial charge >= 0.3 is 6.03 Å². The number of nitrogens with one attached hydrogen (secondary N) is 1. The molecule has 2 aliphatic heterocycles. The van der Waals surface area contributed by atoms with Gasteiger partial charge in [-0.25, -0.2) is 4.79 Å². The molecule has 1 N–H and O–H groups in total. The molecule has 1 aromatic rings. The number of hydrogen-bond acceptors (Lipinski definition) is 2. The van der Waals surface area contributed by atoms with Gasteiger partial charge in [-0.1, -0.05) is 43.2 Å². The molecule has 0 aromatic heterocycles. The smallest absolute Gasteiger partial charge is 0.317 e. The first-order valence-corrected chi connectivity index (χ1v) is 8.14. The SMILES string of the molecule is O=C(NCc1ccccc1)N1CC(N2CCCCCC2)C1. The molecule has 21 heavy (non-hydrogen) atoms. The Kier molecular flexibility index (Phi) is 4.76. The van der Waals surface area contributed by atoms with Gasteiger partial charge in [0, 0.05) is 25.7 Å². The predicted octanol–water partition coefficient (Wildman–Crippen LogP) is 2.46. The highest BCUT2D eigenvalue weighted by Crippen LogP contribution is 2.19. The van der Waals surface area contributed by atoms with Crippen LogP contribution in [0.1, 0.15) is 31.2 Å². The van der Waals surface area contributed by atoms with Crippen molar-refractivity contribution < 1.29 is 4.79 Å². The van der Waals surface area contributed by atoms with Crippen molar-refractivity contribution in [3.63, 3.8) is 0 Å². The Bertz CT molecular complexity index is 448. The van der Waals surface area contributed by atoms with E-state index in [1.807, 2.05) is 35.2 Å². The zero-order valence-corrected chi connectivity index (χ0v) is 12.6. The molecule has 2 aliphatic rings. The van der Waals surface area contributed by atoms with E-state index in [0.29, 0.717) is 12.6 Å². The van der Waals surface area contributed by atoms with Crippen LogP contribution in [0.4, 0.5) is 4.79 Å². The summed E-state index contributed by atoms with van der Waals surface area (Å²) in [5, 5.41) is 3.01. The third-order valence-electron chi connectivity index (χ3n) is 4.59. The average molecular weight is 287 g/mol. The van der Waals surface area contributed by atoms with Gasteiger partial charge in [0.15, 0.2) is 0 Å². The lowest BCUT2D eigenvalue weighted by atomic mass is 10.1. The molecular formula is C17H25N3O. The maximum atomic E-state index is 12.1. The molecule has 3 rings (SSSR count). The molecule has 2 saturated heterocycles. The van der Waals surface area contributed by atoms with Gasteiger partial charge in [-0.3, -0.25) is 4.90 Å². The first-order chi connectivity index (χ1) is 10.3. The summed E-state index contributed by atoms with van der Waals surface area (Å²) in [6.45, 7) is 4.82. The van der Waals surface area contributed by atoms with Crippen molar-refractivity contribution in [3.05, 3.63) is 35.9 Å². The molecule has 2 heterocycles. The highest BCUT2D eigenvalue weighted by Gasteiger charge is 2.34. The summed E-state index contributed by atoms with van der Waals surface area (Å²) in [7, 11) is 0. The van der Waals surface area contributed by atoms with Crippen LogP contribution < -0.4 is 5.32 Å². The van der Waals surface area contributed by atoms with Gasteiger partial charge in [-0.15, -0.1) is 0 Å². The van der Waals surface area contributed by atoms with Gasteiger partial charge < -0.3 is 10.2 Å². The second kappa shape index (κ2) is 6.94. The van der Waals surface area contributed by atoms with E-state index in [1.165, 1.54) is 38.8 Å². The van der Waals surface area contributed by atoms with Gasteiger partial charge in [0.2, 0.25) is 0 Å². The summed E-state index contributed by atoms with van der Waals surface area (Å²) in [4.78, 5) is 16.6. The largest absolute Gasteiger partial charge is 0.334 e. The van der Waals surface area contributed by atoms with Crippen LogP contribution >= 0.6 is 0 Å². The second-order valence-electron chi connectivity index (χ2n) is 6.15. The maximum Gasteiger partial charge on any atom is 0.317 e. The van der Waals surface area contributed by atoms with Crippen LogP contribution in [0.25, 0.3) is 0 Å². The normalized spacial score (nSPS) is 20.7. The van der Waals surface area contributed by atoms with Crippen LogP contribution in [0.3, 0.4) is 0 Å². The maximum absolute atomic E-state index is 12.1. The third-order valence-corrected chi connectivity index (χ3v) is 4.59. The Labute approximate surface area is 127 Å². The van der Waals surface area contributed by atoms with Gasteiger partial charge in [0.25, 0.3) is 0 Å². The number of rotatable bonds is 3. The summed E-state index contributed by atoms with van der Waals surface area (Å²) in [5.74, 6) is 0. The van der Waals surface area contributed by atoms with Gasteiger partial charge in [0.05, 0.1) is 0 Å². The molecule has 0 saturated carbocycles. The van der Waals surface area contributed by atoms with Crippen molar-refractivity contribution in [3.8, 4) is 0 Å². The highest BCUT2D eigenvalue weighted by atomic mass is 16.2. The minimum Gasteiger partial charge on any atom is -0.334 e. The van der Waals surface area contributed by atoms with E-state index in [4.69, 9.17) is 0 Å². The lowest BCUT2D eigenvalue weighted by molar-refractivity contribution is 0.0587. The van der Waals surface area contributed by atoms with Crippen molar-refractivity contribution in [2.24, 2.45) is 0 Å². The molecule has 1 aromatic carbocycles. The van der Waals surface area contributed by atoms with Crippen LogP contribution in [0.15, 0.2) is 30.3 Å². The van der Waals surface area contributed by atoms with E-state index in [2.05, 4.69) is 10.2 Å². The highest BCUT2D eigenvalue weighted by molar-refractivity contribution is 5.75. The molecular weight excluding hydrogens is 262 g/mol.